The Hall–Kier alpha value is -0.940. The summed E-state index contributed by atoms with van der Waals surface area (Å²) in [6.07, 6.45) is 0. The van der Waals surface area contributed by atoms with Gasteiger partial charge in [0.05, 0.1) is 13.2 Å². The maximum atomic E-state index is 12.0. The second kappa shape index (κ2) is 6.85. The smallest absolute Gasteiger partial charge is 0.324 e. The van der Waals surface area contributed by atoms with E-state index in [9.17, 15) is 4.79 Å². The van der Waals surface area contributed by atoms with Gasteiger partial charge in [0.25, 0.3) is 0 Å². The van der Waals surface area contributed by atoms with E-state index in [2.05, 4.69) is 4.99 Å². The molecule has 1 aromatic rings. The highest BCUT2D eigenvalue weighted by atomic mass is 32.2. The van der Waals surface area contributed by atoms with Crippen LogP contribution in [0.25, 0.3) is 0 Å². The molecule has 1 aromatic carbocycles. The fourth-order valence-corrected chi connectivity index (χ4v) is 3.76. The molecule has 2 rings (SSSR count). The van der Waals surface area contributed by atoms with Gasteiger partial charge >= 0.3 is 5.97 Å². The molecular weight excluding hydrogens is 266 g/mol. The molecule has 5 heteroatoms. The van der Waals surface area contributed by atoms with Crippen molar-refractivity contribution in [2.45, 2.75) is 12.2 Å². The quantitative estimate of drug-likeness (QED) is 0.795. The predicted octanol–water partition coefficient (Wildman–Crippen LogP) is 3.13. The van der Waals surface area contributed by atoms with Gasteiger partial charge in [-0.15, -0.1) is 0 Å². The second-order valence-electron chi connectivity index (χ2n) is 3.66. The van der Waals surface area contributed by atoms with Crippen molar-refractivity contribution in [3.63, 3.8) is 0 Å². The van der Waals surface area contributed by atoms with Crippen LogP contribution in [0.4, 0.5) is 0 Å². The van der Waals surface area contributed by atoms with Crippen LogP contribution in [0.3, 0.4) is 0 Å². The number of esters is 1. The van der Waals surface area contributed by atoms with Crippen molar-refractivity contribution in [3.05, 3.63) is 35.9 Å². The Bertz CT molecular complexity index is 434. The van der Waals surface area contributed by atoms with Crippen molar-refractivity contribution >= 4 is 33.9 Å². The van der Waals surface area contributed by atoms with E-state index in [1.54, 1.807) is 11.8 Å². The van der Waals surface area contributed by atoms with E-state index in [1.165, 1.54) is 11.8 Å². The molecule has 0 aromatic heterocycles. The zero-order valence-corrected chi connectivity index (χ0v) is 11.8. The Morgan fingerprint density at radius 2 is 2.28 bits per heavy atom. The Balaban J connectivity index is 2.14. The summed E-state index contributed by atoms with van der Waals surface area (Å²) in [6.45, 7) is 3.08. The molecular formula is C13H15NO2S2. The lowest BCUT2D eigenvalue weighted by atomic mass is 10.1. The van der Waals surface area contributed by atoms with E-state index < -0.39 is 0 Å². The van der Waals surface area contributed by atoms with E-state index in [4.69, 9.17) is 4.74 Å². The topological polar surface area (TPSA) is 38.7 Å². The summed E-state index contributed by atoms with van der Waals surface area (Å²) in [4.78, 5) is 16.4. The number of hydrogen-bond donors (Lipinski definition) is 0. The third-order valence-electron chi connectivity index (χ3n) is 2.38. The van der Waals surface area contributed by atoms with Crippen LogP contribution in [-0.2, 0) is 9.53 Å². The zero-order chi connectivity index (χ0) is 12.8. The van der Waals surface area contributed by atoms with Crippen molar-refractivity contribution in [3.8, 4) is 0 Å². The molecule has 0 saturated carbocycles. The molecule has 1 heterocycles. The predicted molar refractivity (Wildman–Crippen MR) is 78.2 cm³/mol. The van der Waals surface area contributed by atoms with Crippen molar-refractivity contribution in [2.24, 2.45) is 4.99 Å². The summed E-state index contributed by atoms with van der Waals surface area (Å²) in [6, 6.07) is 9.72. The molecule has 0 N–H and O–H groups in total. The Morgan fingerprint density at radius 3 is 2.89 bits per heavy atom. The van der Waals surface area contributed by atoms with Gasteiger partial charge in [-0.25, -0.2) is 0 Å². The molecule has 1 aliphatic rings. The number of carbonyl (C=O) groups excluding carboxylic acids is 1. The lowest BCUT2D eigenvalue weighted by Gasteiger charge is -2.15. The average molecular weight is 281 g/mol. The van der Waals surface area contributed by atoms with Gasteiger partial charge in [-0.1, -0.05) is 53.9 Å². The molecule has 0 amide bonds. The average Bonchev–Trinajstić information content (AvgIpc) is 2.90. The summed E-state index contributed by atoms with van der Waals surface area (Å²) in [5.74, 6) is 0.816. The van der Waals surface area contributed by atoms with Crippen LogP contribution in [0.1, 0.15) is 17.7 Å². The summed E-state index contributed by atoms with van der Waals surface area (Å²) in [5, 5.41) is -0.310. The van der Waals surface area contributed by atoms with E-state index in [0.717, 1.165) is 22.2 Å². The van der Waals surface area contributed by atoms with Crippen LogP contribution in [0.2, 0.25) is 0 Å². The molecule has 0 saturated heterocycles. The molecule has 18 heavy (non-hydrogen) atoms. The van der Waals surface area contributed by atoms with E-state index in [0.29, 0.717) is 6.61 Å². The summed E-state index contributed by atoms with van der Waals surface area (Å²) < 4.78 is 6.13. The molecule has 1 atom stereocenters. The Morgan fingerprint density at radius 1 is 1.50 bits per heavy atom. The van der Waals surface area contributed by atoms with Gasteiger partial charge in [0.1, 0.15) is 9.63 Å². The minimum Gasteiger partial charge on any atom is -0.465 e. The molecule has 0 bridgehead atoms. The number of nitrogens with zero attached hydrogens (tertiary/aromatic N) is 1. The number of rotatable bonds is 4. The summed E-state index contributed by atoms with van der Waals surface area (Å²) in [5.41, 5.74) is 0.969. The van der Waals surface area contributed by atoms with Crippen LogP contribution in [0.5, 0.6) is 0 Å². The van der Waals surface area contributed by atoms with Gasteiger partial charge in [-0.3, -0.25) is 9.79 Å². The third kappa shape index (κ3) is 3.53. The number of benzene rings is 1. The molecule has 0 fully saturated rings. The van der Waals surface area contributed by atoms with Crippen LogP contribution in [0, 0.1) is 0 Å². The highest BCUT2D eigenvalue weighted by Crippen LogP contribution is 2.36. The molecule has 96 valence electrons. The first-order valence-electron chi connectivity index (χ1n) is 5.86. The normalized spacial score (nSPS) is 16.2. The van der Waals surface area contributed by atoms with Crippen LogP contribution >= 0.6 is 23.5 Å². The molecule has 0 aliphatic carbocycles. The van der Waals surface area contributed by atoms with Gasteiger partial charge in [0.2, 0.25) is 0 Å². The maximum Gasteiger partial charge on any atom is 0.324 e. The van der Waals surface area contributed by atoms with Crippen molar-refractivity contribution in [2.75, 3.05) is 18.9 Å². The minimum atomic E-state index is -0.310. The summed E-state index contributed by atoms with van der Waals surface area (Å²) in [7, 11) is 0. The molecule has 0 radical (unpaired) electrons. The van der Waals surface area contributed by atoms with Crippen LogP contribution in [-0.4, -0.2) is 29.2 Å². The SMILES string of the molecule is CCOC(=O)[C@H](SC1=NCCS1)c1ccccc1. The highest BCUT2D eigenvalue weighted by molar-refractivity contribution is 8.39. The van der Waals surface area contributed by atoms with E-state index in [-0.39, 0.29) is 11.2 Å². The van der Waals surface area contributed by atoms with Crippen molar-refractivity contribution < 1.29 is 9.53 Å². The first-order chi connectivity index (χ1) is 8.81. The fraction of sp³-hybridized carbons (Fsp3) is 0.385. The minimum absolute atomic E-state index is 0.191. The van der Waals surface area contributed by atoms with E-state index in [1.807, 2.05) is 37.3 Å². The fourth-order valence-electron chi connectivity index (χ4n) is 1.59. The van der Waals surface area contributed by atoms with Crippen LogP contribution in [0.15, 0.2) is 35.3 Å². The summed E-state index contributed by atoms with van der Waals surface area (Å²) >= 11 is 3.20. The standard InChI is InChI=1S/C13H15NO2S2/c1-2-16-12(15)11(10-6-4-3-5-7-10)18-13-14-8-9-17-13/h3-7,11H,2,8-9H2,1H3/t11-/m1/s1. The van der Waals surface area contributed by atoms with Gasteiger partial charge in [0.15, 0.2) is 0 Å². The Labute approximate surface area is 115 Å². The maximum absolute atomic E-state index is 12.0. The Kier molecular flexibility index (Phi) is 5.13. The first kappa shape index (κ1) is 13.5. The van der Waals surface area contributed by atoms with Crippen molar-refractivity contribution in [1.82, 2.24) is 0 Å². The molecule has 3 nitrogen and oxygen atoms in total. The lowest BCUT2D eigenvalue weighted by molar-refractivity contribution is -0.142. The zero-order valence-electron chi connectivity index (χ0n) is 10.2. The molecule has 0 spiro atoms. The largest absolute Gasteiger partial charge is 0.465 e. The van der Waals surface area contributed by atoms with Crippen LogP contribution < -0.4 is 0 Å². The second-order valence-corrected chi connectivity index (χ2v) is 6.09. The molecule has 1 aliphatic heterocycles. The van der Waals surface area contributed by atoms with Crippen molar-refractivity contribution in [1.29, 1.82) is 0 Å². The van der Waals surface area contributed by atoms with Gasteiger partial charge in [-0.2, -0.15) is 0 Å². The van der Waals surface area contributed by atoms with Gasteiger partial charge in [0, 0.05) is 5.75 Å². The number of aliphatic imine (C=N–C) groups is 1. The first-order valence-corrected chi connectivity index (χ1v) is 7.73. The monoisotopic (exact) mass is 281 g/mol. The number of carbonyl (C=O) groups is 1. The number of ether oxygens (including phenoxy) is 1. The highest BCUT2D eigenvalue weighted by Gasteiger charge is 2.25. The number of thioether (sulfide) groups is 2. The van der Waals surface area contributed by atoms with E-state index >= 15 is 0 Å². The van der Waals surface area contributed by atoms with Gasteiger partial charge in [-0.05, 0) is 12.5 Å². The molecule has 0 unspecified atom stereocenters. The lowest BCUT2D eigenvalue weighted by Crippen LogP contribution is -2.14. The number of hydrogen-bond acceptors (Lipinski definition) is 5. The third-order valence-corrected chi connectivity index (χ3v) is 4.82. The van der Waals surface area contributed by atoms with Gasteiger partial charge < -0.3 is 4.74 Å².